The van der Waals surface area contributed by atoms with Gasteiger partial charge in [-0.05, 0) is 55.5 Å². The van der Waals surface area contributed by atoms with Gasteiger partial charge in [0.1, 0.15) is 4.70 Å². The SMILES string of the molecule is CCn1c(=S)sc2c(=O)n(-c3ccccc3)c(SCC(=O)c3ccc(Cl)cc3)nc21. The van der Waals surface area contributed by atoms with E-state index in [1.165, 1.54) is 23.1 Å². The van der Waals surface area contributed by atoms with Crippen molar-refractivity contribution in [3.05, 3.63) is 79.5 Å². The number of hydrogen-bond acceptors (Lipinski definition) is 6. The van der Waals surface area contributed by atoms with Crippen molar-refractivity contribution in [2.75, 3.05) is 5.75 Å². The standard InChI is InChI=1S/C21H16ClN3O2S3/c1-2-24-18-17(30-21(24)28)19(27)25(15-6-4-3-5-7-15)20(23-18)29-12-16(26)13-8-10-14(22)11-9-13/h3-11H,2,12H2,1H3. The van der Waals surface area contributed by atoms with Crippen LogP contribution in [0.25, 0.3) is 16.0 Å². The van der Waals surface area contributed by atoms with Gasteiger partial charge in [-0.25, -0.2) is 4.98 Å². The molecule has 0 fully saturated rings. The van der Waals surface area contributed by atoms with Crippen LogP contribution in [0.3, 0.4) is 0 Å². The molecule has 4 rings (SSSR count). The fraction of sp³-hybridized carbons (Fsp3) is 0.143. The van der Waals surface area contributed by atoms with E-state index in [2.05, 4.69) is 0 Å². The molecular weight excluding hydrogens is 458 g/mol. The highest BCUT2D eigenvalue weighted by Gasteiger charge is 2.19. The van der Waals surface area contributed by atoms with Crippen molar-refractivity contribution in [2.45, 2.75) is 18.6 Å². The molecule has 0 aliphatic rings. The Kier molecular flexibility index (Phi) is 6.19. The van der Waals surface area contributed by atoms with E-state index in [0.717, 1.165) is 0 Å². The number of nitrogens with zero attached hydrogens (tertiary/aromatic N) is 3. The molecule has 0 radical (unpaired) electrons. The first-order chi connectivity index (χ1) is 14.5. The molecule has 0 aliphatic carbocycles. The van der Waals surface area contributed by atoms with Crippen molar-refractivity contribution < 1.29 is 4.79 Å². The summed E-state index contributed by atoms with van der Waals surface area (Å²) in [5.74, 6) is 0.0759. The van der Waals surface area contributed by atoms with Crippen LogP contribution in [0.1, 0.15) is 17.3 Å². The molecule has 0 aliphatic heterocycles. The monoisotopic (exact) mass is 473 g/mol. The summed E-state index contributed by atoms with van der Waals surface area (Å²) in [7, 11) is 0. The van der Waals surface area contributed by atoms with Crippen LogP contribution in [0.15, 0.2) is 64.5 Å². The summed E-state index contributed by atoms with van der Waals surface area (Å²) >= 11 is 13.8. The molecule has 2 aromatic carbocycles. The molecule has 9 heteroatoms. The van der Waals surface area contributed by atoms with Gasteiger partial charge in [0.25, 0.3) is 5.56 Å². The molecule has 0 saturated heterocycles. The molecule has 152 valence electrons. The lowest BCUT2D eigenvalue weighted by Gasteiger charge is -2.12. The zero-order chi connectivity index (χ0) is 21.3. The molecule has 0 spiro atoms. The van der Waals surface area contributed by atoms with E-state index in [-0.39, 0.29) is 17.1 Å². The topological polar surface area (TPSA) is 56.9 Å². The van der Waals surface area contributed by atoms with Gasteiger partial charge in [0.2, 0.25) is 0 Å². The number of para-hydroxylation sites is 1. The van der Waals surface area contributed by atoms with Crippen molar-refractivity contribution in [1.29, 1.82) is 0 Å². The molecule has 0 unspecified atom stereocenters. The average Bonchev–Trinajstić information content (AvgIpc) is 3.08. The van der Waals surface area contributed by atoms with Crippen LogP contribution in [0, 0.1) is 3.95 Å². The van der Waals surface area contributed by atoms with Crippen molar-refractivity contribution in [3.63, 3.8) is 0 Å². The lowest BCUT2D eigenvalue weighted by Crippen LogP contribution is -2.22. The smallest absolute Gasteiger partial charge is 0.278 e. The number of thiazole rings is 1. The second kappa shape index (κ2) is 8.85. The first kappa shape index (κ1) is 21.0. The molecule has 0 amide bonds. The molecule has 0 bridgehead atoms. The predicted octanol–water partition coefficient (Wildman–Crippen LogP) is 5.63. The van der Waals surface area contributed by atoms with Crippen LogP contribution >= 0.6 is 46.9 Å². The first-order valence-corrected chi connectivity index (χ1v) is 11.7. The zero-order valence-corrected chi connectivity index (χ0v) is 19.1. The number of aromatic nitrogens is 3. The quantitative estimate of drug-likeness (QED) is 0.157. The Morgan fingerprint density at radius 1 is 1.17 bits per heavy atom. The van der Waals surface area contributed by atoms with Crippen LogP contribution in [-0.4, -0.2) is 25.7 Å². The Labute approximate surface area is 191 Å². The van der Waals surface area contributed by atoms with E-state index < -0.39 is 0 Å². The molecule has 30 heavy (non-hydrogen) atoms. The summed E-state index contributed by atoms with van der Waals surface area (Å²) < 4.78 is 4.51. The summed E-state index contributed by atoms with van der Waals surface area (Å²) in [5, 5.41) is 1.03. The molecule has 0 atom stereocenters. The van der Waals surface area contributed by atoms with E-state index >= 15 is 0 Å². The number of halogens is 1. The van der Waals surface area contributed by atoms with Gasteiger partial charge in [-0.15, -0.1) is 0 Å². The third kappa shape index (κ3) is 4.00. The maximum Gasteiger partial charge on any atom is 0.278 e. The number of rotatable bonds is 6. The third-order valence-corrected chi connectivity index (χ3v) is 7.11. The van der Waals surface area contributed by atoms with E-state index in [0.29, 0.717) is 42.3 Å². The third-order valence-electron chi connectivity index (χ3n) is 4.49. The largest absolute Gasteiger partial charge is 0.308 e. The zero-order valence-electron chi connectivity index (χ0n) is 15.9. The Balaban J connectivity index is 1.80. The number of hydrogen-bond donors (Lipinski definition) is 0. The summed E-state index contributed by atoms with van der Waals surface area (Å²) in [5.41, 5.74) is 1.64. The van der Waals surface area contributed by atoms with Crippen molar-refractivity contribution in [3.8, 4) is 5.69 Å². The minimum atomic E-state index is -0.184. The molecule has 2 aromatic heterocycles. The Hall–Kier alpha value is -2.26. The van der Waals surface area contributed by atoms with Crippen molar-refractivity contribution in [1.82, 2.24) is 14.1 Å². The van der Waals surface area contributed by atoms with E-state index in [1.54, 1.807) is 28.8 Å². The number of fused-ring (bicyclic) bond motifs is 1. The minimum Gasteiger partial charge on any atom is -0.308 e. The molecular formula is C21H16ClN3O2S3. The Morgan fingerprint density at radius 2 is 1.87 bits per heavy atom. The lowest BCUT2D eigenvalue weighted by atomic mass is 10.1. The Morgan fingerprint density at radius 3 is 2.53 bits per heavy atom. The number of benzene rings is 2. The van der Waals surface area contributed by atoms with Crippen LogP contribution in [0.5, 0.6) is 0 Å². The van der Waals surface area contributed by atoms with Gasteiger partial charge in [0.05, 0.1) is 11.4 Å². The second-order valence-electron chi connectivity index (χ2n) is 6.35. The minimum absolute atomic E-state index is 0.0664. The average molecular weight is 474 g/mol. The van der Waals surface area contributed by atoms with Crippen LogP contribution in [-0.2, 0) is 6.54 Å². The second-order valence-corrected chi connectivity index (χ2v) is 9.38. The van der Waals surface area contributed by atoms with E-state index in [1.807, 2.05) is 41.8 Å². The van der Waals surface area contributed by atoms with Crippen molar-refractivity contribution >= 4 is 63.0 Å². The maximum absolute atomic E-state index is 13.3. The van der Waals surface area contributed by atoms with Crippen LogP contribution in [0.4, 0.5) is 0 Å². The van der Waals surface area contributed by atoms with Crippen molar-refractivity contribution in [2.24, 2.45) is 0 Å². The van der Waals surface area contributed by atoms with Gasteiger partial charge in [-0.2, -0.15) is 0 Å². The molecule has 5 nitrogen and oxygen atoms in total. The maximum atomic E-state index is 13.3. The summed E-state index contributed by atoms with van der Waals surface area (Å²) in [6, 6.07) is 16.0. The number of ketones is 1. The van der Waals surface area contributed by atoms with Gasteiger partial charge in [0.15, 0.2) is 20.5 Å². The predicted molar refractivity (Wildman–Crippen MR) is 126 cm³/mol. The first-order valence-electron chi connectivity index (χ1n) is 9.13. The van der Waals surface area contributed by atoms with Gasteiger partial charge in [-0.1, -0.05) is 52.9 Å². The molecule has 2 heterocycles. The molecule has 4 aromatic rings. The van der Waals surface area contributed by atoms with Gasteiger partial charge in [0, 0.05) is 17.1 Å². The summed E-state index contributed by atoms with van der Waals surface area (Å²) in [4.78, 5) is 30.7. The normalized spacial score (nSPS) is 11.1. The fourth-order valence-electron chi connectivity index (χ4n) is 3.01. The molecule has 0 saturated carbocycles. The number of Topliss-reactive ketones (excluding diaryl/α,β-unsaturated/α-hetero) is 1. The van der Waals surface area contributed by atoms with Gasteiger partial charge >= 0.3 is 0 Å². The highest BCUT2D eigenvalue weighted by atomic mass is 35.5. The van der Waals surface area contributed by atoms with Gasteiger partial charge < -0.3 is 4.57 Å². The Bertz CT molecular complexity index is 1340. The number of carbonyl (C=O) groups excluding carboxylic acids is 1. The summed E-state index contributed by atoms with van der Waals surface area (Å²) in [6.07, 6.45) is 0. The van der Waals surface area contributed by atoms with Gasteiger partial charge in [-0.3, -0.25) is 14.2 Å². The van der Waals surface area contributed by atoms with E-state index in [9.17, 15) is 9.59 Å². The van der Waals surface area contributed by atoms with Crippen LogP contribution in [0.2, 0.25) is 5.02 Å². The highest BCUT2D eigenvalue weighted by molar-refractivity contribution is 7.99. The van der Waals surface area contributed by atoms with E-state index in [4.69, 9.17) is 28.8 Å². The van der Waals surface area contributed by atoms with Crippen LogP contribution < -0.4 is 5.56 Å². The highest BCUT2D eigenvalue weighted by Crippen LogP contribution is 2.25. The lowest BCUT2D eigenvalue weighted by molar-refractivity contribution is 0.102. The fourth-order valence-corrected chi connectivity index (χ4v) is 5.42. The summed E-state index contributed by atoms with van der Waals surface area (Å²) in [6.45, 7) is 2.58. The molecule has 0 N–H and O–H groups in total. The number of thioether (sulfide) groups is 1. The number of aryl methyl sites for hydroxylation is 1. The number of carbonyl (C=O) groups is 1.